The summed E-state index contributed by atoms with van der Waals surface area (Å²) in [7, 11) is 0. The number of thioether (sulfide) groups is 1. The molecule has 0 radical (unpaired) electrons. The van der Waals surface area contributed by atoms with Gasteiger partial charge in [0.1, 0.15) is 5.69 Å². The molecular formula is C10H14N2OS2. The van der Waals surface area contributed by atoms with Crippen molar-refractivity contribution in [1.29, 1.82) is 0 Å². The summed E-state index contributed by atoms with van der Waals surface area (Å²) < 4.78 is 0. The van der Waals surface area contributed by atoms with E-state index in [2.05, 4.69) is 11.9 Å². The van der Waals surface area contributed by atoms with Crippen molar-refractivity contribution >= 4 is 29.0 Å². The topological polar surface area (TPSA) is 33.2 Å². The van der Waals surface area contributed by atoms with E-state index in [-0.39, 0.29) is 5.91 Å². The van der Waals surface area contributed by atoms with Crippen LogP contribution in [0.1, 0.15) is 23.8 Å². The third-order valence-corrected chi connectivity index (χ3v) is 4.49. The minimum atomic E-state index is 0.0926. The molecule has 2 heterocycles. The lowest BCUT2D eigenvalue weighted by Crippen LogP contribution is -2.41. The number of rotatable bonds is 2. The molecule has 0 bridgehead atoms. The van der Waals surface area contributed by atoms with Crippen LogP contribution >= 0.6 is 23.1 Å². The Morgan fingerprint density at radius 2 is 2.60 bits per heavy atom. The van der Waals surface area contributed by atoms with Crippen molar-refractivity contribution in [3.8, 4) is 0 Å². The maximum atomic E-state index is 12.0. The summed E-state index contributed by atoms with van der Waals surface area (Å²) in [4.78, 5) is 18.0. The zero-order chi connectivity index (χ0) is 10.7. The van der Waals surface area contributed by atoms with Crippen LogP contribution in [0.3, 0.4) is 0 Å². The number of aromatic nitrogens is 1. The van der Waals surface area contributed by atoms with E-state index in [0.29, 0.717) is 10.9 Å². The van der Waals surface area contributed by atoms with Crippen LogP contribution in [0.25, 0.3) is 0 Å². The first-order valence-corrected chi connectivity index (χ1v) is 7.09. The van der Waals surface area contributed by atoms with Gasteiger partial charge < -0.3 is 4.90 Å². The molecular weight excluding hydrogens is 228 g/mol. The summed E-state index contributed by atoms with van der Waals surface area (Å²) in [5, 5.41) is 2.42. The van der Waals surface area contributed by atoms with Gasteiger partial charge in [0.25, 0.3) is 5.91 Å². The predicted octanol–water partition coefficient (Wildman–Crippen LogP) is 2.11. The van der Waals surface area contributed by atoms with Crippen LogP contribution in [0.2, 0.25) is 0 Å². The van der Waals surface area contributed by atoms with Gasteiger partial charge in [-0.25, -0.2) is 4.98 Å². The molecule has 1 aromatic heterocycles. The molecule has 1 amide bonds. The van der Waals surface area contributed by atoms with Gasteiger partial charge in [-0.3, -0.25) is 4.79 Å². The number of hydrogen-bond donors (Lipinski definition) is 0. The van der Waals surface area contributed by atoms with E-state index in [1.165, 1.54) is 11.3 Å². The monoisotopic (exact) mass is 242 g/mol. The zero-order valence-corrected chi connectivity index (χ0v) is 10.3. The molecule has 1 aliphatic heterocycles. The van der Waals surface area contributed by atoms with Crippen LogP contribution in [-0.2, 0) is 0 Å². The van der Waals surface area contributed by atoms with Crippen molar-refractivity contribution in [2.75, 3.05) is 18.8 Å². The summed E-state index contributed by atoms with van der Waals surface area (Å²) in [5.74, 6) is 1.14. The van der Waals surface area contributed by atoms with Gasteiger partial charge in [0.15, 0.2) is 0 Å². The number of thiazole rings is 1. The van der Waals surface area contributed by atoms with Gasteiger partial charge >= 0.3 is 0 Å². The van der Waals surface area contributed by atoms with Gasteiger partial charge in [-0.2, -0.15) is 11.8 Å². The Bertz CT molecular complexity index is 326. The van der Waals surface area contributed by atoms with Crippen LogP contribution in [0, 0.1) is 0 Å². The third kappa shape index (κ3) is 2.52. The molecule has 1 saturated heterocycles. The van der Waals surface area contributed by atoms with Crippen molar-refractivity contribution in [2.45, 2.75) is 18.6 Å². The second kappa shape index (κ2) is 4.99. The highest BCUT2D eigenvalue weighted by atomic mass is 32.2. The van der Waals surface area contributed by atoms with E-state index in [1.54, 1.807) is 5.51 Å². The Labute approximate surface area is 97.9 Å². The lowest BCUT2D eigenvalue weighted by Gasteiger charge is -2.31. The highest BCUT2D eigenvalue weighted by Crippen LogP contribution is 2.22. The molecule has 0 aromatic carbocycles. The number of amides is 1. The first-order valence-electron chi connectivity index (χ1n) is 5.10. The van der Waals surface area contributed by atoms with E-state index >= 15 is 0 Å². The van der Waals surface area contributed by atoms with Crippen molar-refractivity contribution in [3.05, 3.63) is 16.6 Å². The van der Waals surface area contributed by atoms with E-state index in [9.17, 15) is 4.79 Å². The fourth-order valence-corrected chi connectivity index (χ4v) is 3.34. The molecule has 5 heteroatoms. The van der Waals surface area contributed by atoms with Crippen molar-refractivity contribution in [2.24, 2.45) is 0 Å². The number of nitrogens with zero attached hydrogens (tertiary/aromatic N) is 2. The largest absolute Gasteiger partial charge is 0.335 e. The van der Waals surface area contributed by atoms with E-state index in [1.807, 2.05) is 22.0 Å². The van der Waals surface area contributed by atoms with Crippen molar-refractivity contribution in [3.63, 3.8) is 0 Å². The Hall–Kier alpha value is -0.550. The average molecular weight is 242 g/mol. The van der Waals surface area contributed by atoms with Gasteiger partial charge in [-0.15, -0.1) is 11.3 Å². The maximum Gasteiger partial charge on any atom is 0.273 e. The van der Waals surface area contributed by atoms with E-state index < -0.39 is 0 Å². The molecule has 2 rings (SSSR count). The summed E-state index contributed by atoms with van der Waals surface area (Å²) in [6.07, 6.45) is 1.13. The van der Waals surface area contributed by atoms with E-state index in [4.69, 9.17) is 0 Å². The van der Waals surface area contributed by atoms with Gasteiger partial charge in [0, 0.05) is 29.5 Å². The minimum absolute atomic E-state index is 0.0926. The van der Waals surface area contributed by atoms with Gasteiger partial charge in [0.2, 0.25) is 0 Å². The fourth-order valence-electron chi connectivity index (χ4n) is 1.63. The first-order chi connectivity index (χ1) is 7.31. The first kappa shape index (κ1) is 11.0. The summed E-state index contributed by atoms with van der Waals surface area (Å²) >= 11 is 3.44. The number of carbonyl (C=O) groups is 1. The lowest BCUT2D eigenvalue weighted by molar-refractivity contribution is 0.0756. The molecule has 82 valence electrons. The molecule has 15 heavy (non-hydrogen) atoms. The van der Waals surface area contributed by atoms with Gasteiger partial charge in [-0.1, -0.05) is 6.92 Å². The van der Waals surface area contributed by atoms with Crippen molar-refractivity contribution in [1.82, 2.24) is 9.88 Å². The third-order valence-electron chi connectivity index (χ3n) is 2.53. The Kier molecular flexibility index (Phi) is 3.64. The SMILES string of the molecule is CCC1CN(C(=O)c2cscn2)CCS1. The standard InChI is InChI=1S/C10H14N2OS2/c1-2-8-5-12(3-4-15-8)10(13)9-6-14-7-11-9/h6-8H,2-5H2,1H3. The summed E-state index contributed by atoms with van der Waals surface area (Å²) in [6.45, 7) is 3.91. The highest BCUT2D eigenvalue weighted by molar-refractivity contribution is 8.00. The second-order valence-electron chi connectivity index (χ2n) is 3.53. The molecule has 0 saturated carbocycles. The van der Waals surface area contributed by atoms with Gasteiger partial charge in [-0.05, 0) is 6.42 Å². The molecule has 1 atom stereocenters. The Morgan fingerprint density at radius 1 is 1.73 bits per heavy atom. The number of hydrogen-bond acceptors (Lipinski definition) is 4. The lowest BCUT2D eigenvalue weighted by atomic mass is 10.3. The summed E-state index contributed by atoms with van der Waals surface area (Å²) in [6, 6.07) is 0. The van der Waals surface area contributed by atoms with Crippen molar-refractivity contribution < 1.29 is 4.79 Å². The van der Waals surface area contributed by atoms with Crippen LogP contribution in [0.15, 0.2) is 10.9 Å². The molecule has 1 unspecified atom stereocenters. The average Bonchev–Trinajstić information content (AvgIpc) is 2.81. The quantitative estimate of drug-likeness (QED) is 0.796. The predicted molar refractivity (Wildman–Crippen MR) is 64.6 cm³/mol. The molecule has 1 fully saturated rings. The van der Waals surface area contributed by atoms with Crippen LogP contribution < -0.4 is 0 Å². The molecule has 3 nitrogen and oxygen atoms in total. The van der Waals surface area contributed by atoms with Gasteiger partial charge in [0.05, 0.1) is 5.51 Å². The smallest absolute Gasteiger partial charge is 0.273 e. The van der Waals surface area contributed by atoms with Crippen LogP contribution in [-0.4, -0.2) is 39.9 Å². The fraction of sp³-hybridized carbons (Fsp3) is 0.600. The highest BCUT2D eigenvalue weighted by Gasteiger charge is 2.24. The second-order valence-corrected chi connectivity index (χ2v) is 5.65. The molecule has 0 aliphatic carbocycles. The van der Waals surface area contributed by atoms with Crippen LogP contribution in [0.5, 0.6) is 0 Å². The number of carbonyl (C=O) groups excluding carboxylic acids is 1. The maximum absolute atomic E-state index is 12.0. The molecule has 0 spiro atoms. The summed E-state index contributed by atoms with van der Waals surface area (Å²) in [5.41, 5.74) is 2.31. The molecule has 1 aromatic rings. The molecule has 0 N–H and O–H groups in total. The Balaban J connectivity index is 2.01. The molecule has 1 aliphatic rings. The van der Waals surface area contributed by atoms with E-state index in [0.717, 1.165) is 25.3 Å². The normalized spacial score (nSPS) is 21.7. The minimum Gasteiger partial charge on any atom is -0.335 e. The van der Waals surface area contributed by atoms with Crippen LogP contribution in [0.4, 0.5) is 0 Å². The zero-order valence-electron chi connectivity index (χ0n) is 8.68. The Morgan fingerprint density at radius 3 is 3.27 bits per heavy atom.